The topological polar surface area (TPSA) is 92.8 Å². The highest BCUT2D eigenvalue weighted by molar-refractivity contribution is 7.13. The molecule has 0 atom stereocenters. The van der Waals surface area contributed by atoms with Gasteiger partial charge in [0.2, 0.25) is 0 Å². The van der Waals surface area contributed by atoms with Crippen molar-refractivity contribution in [3.63, 3.8) is 0 Å². The average molecular weight is 756 g/mol. The van der Waals surface area contributed by atoms with Crippen molar-refractivity contribution in [1.29, 1.82) is 0 Å². The second-order valence-electron chi connectivity index (χ2n) is 13.5. The summed E-state index contributed by atoms with van der Waals surface area (Å²) in [6, 6.07) is 46.7. The van der Waals surface area contributed by atoms with E-state index in [0.29, 0.717) is 28.8 Å². The van der Waals surface area contributed by atoms with Gasteiger partial charge in [-0.2, -0.15) is 0 Å². The van der Waals surface area contributed by atoms with Gasteiger partial charge in [0.05, 0.1) is 22.1 Å². The number of benzene rings is 5. The molecule has 0 bridgehead atoms. The highest BCUT2D eigenvalue weighted by Crippen LogP contribution is 2.39. The summed E-state index contributed by atoms with van der Waals surface area (Å²) in [6.07, 6.45) is 8.99. The molecule has 0 aliphatic rings. The van der Waals surface area contributed by atoms with Gasteiger partial charge in [-0.25, -0.2) is 24.9 Å². The first-order valence-electron chi connectivity index (χ1n) is 18.4. The van der Waals surface area contributed by atoms with Crippen LogP contribution in [-0.4, -0.2) is 34.1 Å². The third-order valence-corrected chi connectivity index (χ3v) is 10.8. The smallest absolute Gasteiger partial charge is 0.159 e. The number of fused-ring (bicyclic) bond motifs is 6. The SMILES string of the molecule is c1ccc(-n2c3ccccc3c3ccc(Oc4cc(Oc5ccc6c7ccccc7n(-c7ccccn7)c6c5)cc(-c5ncc(-c6nccs6)cn5)c4)cc32)nc1. The van der Waals surface area contributed by atoms with E-state index in [1.165, 1.54) is 0 Å². The third-order valence-electron chi connectivity index (χ3n) is 9.99. The van der Waals surface area contributed by atoms with Crippen LogP contribution in [0.5, 0.6) is 23.0 Å². The Balaban J connectivity index is 1.02. The molecule has 0 aliphatic carbocycles. The summed E-state index contributed by atoms with van der Waals surface area (Å²) in [5.74, 6) is 4.64. The molecule has 0 radical (unpaired) electrons. The van der Waals surface area contributed by atoms with Gasteiger partial charge in [-0.15, -0.1) is 11.3 Å². The first-order valence-corrected chi connectivity index (χ1v) is 19.2. The summed E-state index contributed by atoms with van der Waals surface area (Å²) in [4.78, 5) is 23.3. The Bertz CT molecular complexity index is 3060. The molecule has 6 heterocycles. The van der Waals surface area contributed by atoms with Gasteiger partial charge in [0.15, 0.2) is 5.82 Å². The minimum Gasteiger partial charge on any atom is -0.457 e. The number of ether oxygens (including phenoxy) is 2. The predicted molar refractivity (Wildman–Crippen MR) is 226 cm³/mol. The Kier molecular flexibility index (Phi) is 7.78. The second kappa shape index (κ2) is 13.6. The van der Waals surface area contributed by atoms with Crippen molar-refractivity contribution in [2.24, 2.45) is 0 Å². The number of para-hydroxylation sites is 2. The standard InChI is InChI=1S/C47H29N7O2S/c1-3-11-40-36(9-1)38-17-15-32(26-42(38)53(40)44-13-5-7-19-48-44)55-34-23-30(46-51-28-31(29-52-46)47-50-21-22-57-47)24-35(25-34)56-33-16-18-39-37-10-2-4-12-41(37)54(43(39)27-33)45-14-6-8-20-49-45/h1-29H. The van der Waals surface area contributed by atoms with Gasteiger partial charge in [0, 0.05) is 87.2 Å². The van der Waals surface area contributed by atoms with Crippen molar-refractivity contribution >= 4 is 54.9 Å². The van der Waals surface area contributed by atoms with Crippen molar-refractivity contribution in [3.8, 4) is 56.6 Å². The molecule has 0 N–H and O–H groups in total. The highest BCUT2D eigenvalue weighted by atomic mass is 32.1. The Labute approximate surface area is 329 Å². The highest BCUT2D eigenvalue weighted by Gasteiger charge is 2.17. The molecule has 0 unspecified atom stereocenters. The van der Waals surface area contributed by atoms with E-state index in [1.54, 1.807) is 29.9 Å². The van der Waals surface area contributed by atoms with Crippen LogP contribution in [-0.2, 0) is 0 Å². The van der Waals surface area contributed by atoms with E-state index in [1.807, 2.05) is 96.6 Å². The number of hydrogen-bond donors (Lipinski definition) is 0. The molecule has 6 aromatic heterocycles. The Hall–Kier alpha value is -7.69. The Morgan fingerprint density at radius 1 is 0.404 bits per heavy atom. The zero-order chi connectivity index (χ0) is 37.7. The van der Waals surface area contributed by atoms with Gasteiger partial charge in [0.25, 0.3) is 0 Å². The molecule has 0 saturated heterocycles. The minimum absolute atomic E-state index is 0.530. The van der Waals surface area contributed by atoms with E-state index in [9.17, 15) is 0 Å². The van der Waals surface area contributed by atoms with Crippen LogP contribution < -0.4 is 9.47 Å². The summed E-state index contributed by atoms with van der Waals surface area (Å²) >= 11 is 1.55. The van der Waals surface area contributed by atoms with Crippen molar-refractivity contribution in [3.05, 3.63) is 176 Å². The van der Waals surface area contributed by atoms with Gasteiger partial charge in [0.1, 0.15) is 39.6 Å². The lowest BCUT2D eigenvalue weighted by Gasteiger charge is -2.13. The van der Waals surface area contributed by atoms with Crippen molar-refractivity contribution in [2.45, 2.75) is 0 Å². The van der Waals surface area contributed by atoms with Crippen LogP contribution in [0.4, 0.5) is 0 Å². The molecule has 0 amide bonds. The predicted octanol–water partition coefficient (Wildman–Crippen LogP) is 11.8. The molecule has 0 fully saturated rings. The summed E-state index contributed by atoms with van der Waals surface area (Å²) in [5.41, 5.74) is 5.69. The molecule has 10 heteroatoms. The molecule has 0 aliphatic heterocycles. The Morgan fingerprint density at radius 3 is 1.44 bits per heavy atom. The molecule has 11 rings (SSSR count). The van der Waals surface area contributed by atoms with E-state index in [0.717, 1.165) is 71.4 Å². The van der Waals surface area contributed by atoms with Crippen LogP contribution in [0.15, 0.2) is 176 Å². The van der Waals surface area contributed by atoms with E-state index in [4.69, 9.17) is 29.4 Å². The van der Waals surface area contributed by atoms with Crippen molar-refractivity contribution < 1.29 is 9.47 Å². The van der Waals surface area contributed by atoms with E-state index in [-0.39, 0.29) is 0 Å². The van der Waals surface area contributed by atoms with Crippen LogP contribution in [0.2, 0.25) is 0 Å². The number of hydrogen-bond acceptors (Lipinski definition) is 8. The summed E-state index contributed by atoms with van der Waals surface area (Å²) < 4.78 is 17.7. The molecular weight excluding hydrogens is 727 g/mol. The number of rotatable bonds is 8. The number of aromatic nitrogens is 7. The minimum atomic E-state index is 0.530. The molecular formula is C47H29N7O2S. The molecule has 270 valence electrons. The van der Waals surface area contributed by atoms with Crippen LogP contribution >= 0.6 is 11.3 Å². The van der Waals surface area contributed by atoms with E-state index < -0.39 is 0 Å². The normalized spacial score (nSPS) is 11.5. The maximum absolute atomic E-state index is 6.69. The van der Waals surface area contributed by atoms with Crippen LogP contribution in [0.1, 0.15) is 0 Å². The molecule has 5 aromatic carbocycles. The quantitative estimate of drug-likeness (QED) is 0.152. The van der Waals surface area contributed by atoms with Crippen molar-refractivity contribution in [2.75, 3.05) is 0 Å². The molecule has 57 heavy (non-hydrogen) atoms. The van der Waals surface area contributed by atoms with Gasteiger partial charge in [-0.3, -0.25) is 9.13 Å². The van der Waals surface area contributed by atoms with Crippen molar-refractivity contribution in [1.82, 2.24) is 34.1 Å². The van der Waals surface area contributed by atoms with E-state index >= 15 is 0 Å². The number of nitrogens with zero attached hydrogens (tertiary/aromatic N) is 7. The average Bonchev–Trinajstić information content (AvgIpc) is 4.00. The van der Waals surface area contributed by atoms with Crippen LogP contribution in [0.3, 0.4) is 0 Å². The maximum Gasteiger partial charge on any atom is 0.159 e. The van der Waals surface area contributed by atoms with Gasteiger partial charge < -0.3 is 9.47 Å². The van der Waals surface area contributed by atoms with Gasteiger partial charge >= 0.3 is 0 Å². The molecule has 0 saturated carbocycles. The molecule has 9 nitrogen and oxygen atoms in total. The largest absolute Gasteiger partial charge is 0.457 e. The summed E-state index contributed by atoms with van der Waals surface area (Å²) in [5, 5.41) is 7.29. The maximum atomic E-state index is 6.69. The van der Waals surface area contributed by atoms with Crippen LogP contribution in [0, 0.1) is 0 Å². The lowest BCUT2D eigenvalue weighted by molar-refractivity contribution is 0.461. The second-order valence-corrected chi connectivity index (χ2v) is 14.4. The Morgan fingerprint density at radius 2 is 0.930 bits per heavy atom. The van der Waals surface area contributed by atoms with Gasteiger partial charge in [-0.05, 0) is 72.8 Å². The first-order chi connectivity index (χ1) is 28.2. The third kappa shape index (κ3) is 5.83. The number of thiazole rings is 1. The summed E-state index contributed by atoms with van der Waals surface area (Å²) in [7, 11) is 0. The zero-order valence-electron chi connectivity index (χ0n) is 30.1. The van der Waals surface area contributed by atoms with Gasteiger partial charge in [-0.1, -0.05) is 48.5 Å². The van der Waals surface area contributed by atoms with E-state index in [2.05, 4.69) is 74.8 Å². The fourth-order valence-electron chi connectivity index (χ4n) is 7.54. The lowest BCUT2D eigenvalue weighted by atomic mass is 10.1. The lowest BCUT2D eigenvalue weighted by Crippen LogP contribution is -1.97. The van der Waals surface area contributed by atoms with Crippen LogP contribution in [0.25, 0.3) is 77.2 Å². The molecule has 11 aromatic rings. The fraction of sp³-hybridized carbons (Fsp3) is 0. The number of pyridine rings is 2. The first kappa shape index (κ1) is 32.7. The fourth-order valence-corrected chi connectivity index (χ4v) is 8.15. The monoisotopic (exact) mass is 755 g/mol. The summed E-state index contributed by atoms with van der Waals surface area (Å²) in [6.45, 7) is 0. The molecule has 0 spiro atoms. The zero-order valence-corrected chi connectivity index (χ0v) is 30.9.